The van der Waals surface area contributed by atoms with Gasteiger partial charge in [0.2, 0.25) is 0 Å². The summed E-state index contributed by atoms with van der Waals surface area (Å²) in [5.41, 5.74) is 5.62. The van der Waals surface area contributed by atoms with E-state index in [1.54, 1.807) is 5.20 Å². The number of allylic oxidation sites excluding steroid dienone is 1. The minimum absolute atomic E-state index is 0.00398. The van der Waals surface area contributed by atoms with E-state index in [0.29, 0.717) is 6.61 Å². The zero-order valence-electron chi connectivity index (χ0n) is 20.1. The molecule has 2 heteroatoms. The Morgan fingerprint density at radius 1 is 1.00 bits per heavy atom. The summed E-state index contributed by atoms with van der Waals surface area (Å²) in [6.07, 6.45) is 5.35. The first kappa shape index (κ1) is 22.6. The van der Waals surface area contributed by atoms with E-state index in [1.165, 1.54) is 27.4 Å². The maximum atomic E-state index is 6.42. The standard InChI is InChI=1S/C28H38OSi/c1-10-15-29-26-24(28(5,6)7)18-22(27(2,3)4)19-25(26)30(8,9)23-16-20-13-11-12-14-21(20)17-23/h10-14,16,18-19H,1,15,17H2,2-9H3. The highest BCUT2D eigenvalue weighted by atomic mass is 28.3. The second kappa shape index (κ2) is 7.89. The van der Waals surface area contributed by atoms with Crippen LogP contribution >= 0.6 is 0 Å². The fraction of sp³-hybridized carbons (Fsp3) is 0.429. The van der Waals surface area contributed by atoms with E-state index in [-0.39, 0.29) is 10.8 Å². The molecule has 0 bridgehead atoms. The van der Waals surface area contributed by atoms with Gasteiger partial charge in [0, 0.05) is 0 Å². The Kier molecular flexibility index (Phi) is 5.95. The van der Waals surface area contributed by atoms with Crippen molar-refractivity contribution in [2.24, 2.45) is 0 Å². The van der Waals surface area contributed by atoms with E-state index < -0.39 is 8.07 Å². The lowest BCUT2D eigenvalue weighted by Crippen LogP contribution is -2.46. The minimum Gasteiger partial charge on any atom is -0.489 e. The predicted octanol–water partition coefficient (Wildman–Crippen LogP) is 6.94. The molecule has 0 amide bonds. The van der Waals surface area contributed by atoms with E-state index >= 15 is 0 Å². The Morgan fingerprint density at radius 2 is 1.67 bits per heavy atom. The largest absolute Gasteiger partial charge is 0.489 e. The molecule has 0 saturated carbocycles. The quantitative estimate of drug-likeness (QED) is 0.377. The Hall–Kier alpha value is -2.06. The Labute approximate surface area is 184 Å². The fourth-order valence-electron chi connectivity index (χ4n) is 4.24. The van der Waals surface area contributed by atoms with Gasteiger partial charge in [-0.25, -0.2) is 0 Å². The van der Waals surface area contributed by atoms with Gasteiger partial charge in [-0.3, -0.25) is 0 Å². The Bertz CT molecular complexity index is 981. The van der Waals surface area contributed by atoms with Crippen LogP contribution in [0.5, 0.6) is 5.75 Å². The molecule has 160 valence electrons. The average Bonchev–Trinajstić information content (AvgIpc) is 3.09. The maximum absolute atomic E-state index is 6.42. The number of ether oxygens (including phenoxy) is 1. The summed E-state index contributed by atoms with van der Waals surface area (Å²) in [6, 6.07) is 13.6. The van der Waals surface area contributed by atoms with Crippen LogP contribution in [0.15, 0.2) is 54.2 Å². The summed E-state index contributed by atoms with van der Waals surface area (Å²) in [5.74, 6) is 1.09. The van der Waals surface area contributed by atoms with Crippen molar-refractivity contribution in [3.05, 3.63) is 76.5 Å². The SMILES string of the molecule is C=CCOc1c(C(C)(C)C)cc(C(C)(C)C)cc1[Si](C)(C)C1=Cc2ccccc2C1. The summed E-state index contributed by atoms with van der Waals surface area (Å²) in [4.78, 5) is 0. The number of rotatable bonds is 5. The van der Waals surface area contributed by atoms with Gasteiger partial charge in [-0.15, -0.1) is 0 Å². The predicted molar refractivity (Wildman–Crippen MR) is 135 cm³/mol. The molecule has 0 heterocycles. The minimum atomic E-state index is -1.96. The number of fused-ring (bicyclic) bond motifs is 1. The van der Waals surface area contributed by atoms with E-state index in [4.69, 9.17) is 4.74 Å². The van der Waals surface area contributed by atoms with Gasteiger partial charge in [0.05, 0.1) is 0 Å². The van der Waals surface area contributed by atoms with Crippen LogP contribution in [-0.4, -0.2) is 14.7 Å². The Morgan fingerprint density at radius 3 is 2.23 bits per heavy atom. The fourth-order valence-corrected chi connectivity index (χ4v) is 7.02. The highest BCUT2D eigenvalue weighted by Gasteiger charge is 2.37. The highest BCUT2D eigenvalue weighted by Crippen LogP contribution is 2.39. The van der Waals surface area contributed by atoms with Gasteiger partial charge in [-0.05, 0) is 44.7 Å². The zero-order valence-corrected chi connectivity index (χ0v) is 21.1. The second-order valence-electron chi connectivity index (χ2n) is 11.2. The van der Waals surface area contributed by atoms with Crippen molar-refractivity contribution in [1.29, 1.82) is 0 Å². The third-order valence-electron chi connectivity index (χ3n) is 6.35. The van der Waals surface area contributed by atoms with Crippen LogP contribution in [0.1, 0.15) is 63.8 Å². The van der Waals surface area contributed by atoms with Crippen molar-refractivity contribution in [2.45, 2.75) is 71.9 Å². The van der Waals surface area contributed by atoms with Crippen molar-refractivity contribution in [2.75, 3.05) is 6.61 Å². The summed E-state index contributed by atoms with van der Waals surface area (Å²) in [7, 11) is -1.96. The molecule has 0 aliphatic heterocycles. The molecule has 3 rings (SSSR count). The molecule has 0 saturated heterocycles. The van der Waals surface area contributed by atoms with Gasteiger partial charge in [-0.2, -0.15) is 0 Å². The van der Waals surface area contributed by atoms with Gasteiger partial charge in [0.15, 0.2) is 0 Å². The number of benzene rings is 2. The number of hydrogen-bond acceptors (Lipinski definition) is 1. The van der Waals surface area contributed by atoms with E-state index in [9.17, 15) is 0 Å². The van der Waals surface area contributed by atoms with Crippen molar-refractivity contribution < 1.29 is 4.74 Å². The first-order chi connectivity index (χ1) is 13.9. The van der Waals surface area contributed by atoms with Gasteiger partial charge in [0.25, 0.3) is 0 Å². The molecular formula is C28H38OSi. The summed E-state index contributed by atoms with van der Waals surface area (Å²) in [5, 5.41) is 3.00. The van der Waals surface area contributed by atoms with Crippen LogP contribution in [0.25, 0.3) is 6.08 Å². The van der Waals surface area contributed by atoms with Crippen LogP contribution in [0.3, 0.4) is 0 Å². The Balaban J connectivity index is 2.24. The molecule has 0 radical (unpaired) electrons. The van der Waals surface area contributed by atoms with Crippen LogP contribution in [0, 0.1) is 0 Å². The van der Waals surface area contributed by atoms with Gasteiger partial charge in [0.1, 0.15) is 20.4 Å². The molecule has 2 aromatic rings. The van der Waals surface area contributed by atoms with E-state index in [2.05, 4.69) is 104 Å². The van der Waals surface area contributed by atoms with Gasteiger partial charge in [-0.1, -0.05) is 115 Å². The van der Waals surface area contributed by atoms with Crippen LogP contribution in [-0.2, 0) is 17.3 Å². The molecule has 0 unspecified atom stereocenters. The molecule has 1 nitrogen and oxygen atoms in total. The first-order valence-corrected chi connectivity index (χ1v) is 14.1. The molecule has 0 aromatic heterocycles. The van der Waals surface area contributed by atoms with E-state index in [0.717, 1.165) is 12.2 Å². The number of hydrogen-bond donors (Lipinski definition) is 0. The molecule has 1 aliphatic rings. The maximum Gasteiger partial charge on any atom is 0.123 e. The highest BCUT2D eigenvalue weighted by molar-refractivity contribution is 6.96. The van der Waals surface area contributed by atoms with Crippen LogP contribution in [0.4, 0.5) is 0 Å². The third kappa shape index (κ3) is 4.34. The first-order valence-electron chi connectivity index (χ1n) is 11.1. The smallest absolute Gasteiger partial charge is 0.123 e. The molecule has 0 fully saturated rings. The van der Waals surface area contributed by atoms with E-state index in [1.807, 2.05) is 6.08 Å². The lowest BCUT2D eigenvalue weighted by Gasteiger charge is -2.34. The molecule has 0 atom stereocenters. The zero-order chi connectivity index (χ0) is 22.3. The lowest BCUT2D eigenvalue weighted by atomic mass is 9.80. The van der Waals surface area contributed by atoms with Crippen molar-refractivity contribution in [1.82, 2.24) is 0 Å². The van der Waals surface area contributed by atoms with Gasteiger partial charge >= 0.3 is 0 Å². The molecule has 30 heavy (non-hydrogen) atoms. The molecule has 0 N–H and O–H groups in total. The summed E-state index contributed by atoms with van der Waals surface area (Å²) < 4.78 is 6.42. The molecule has 2 aromatic carbocycles. The molecule has 0 spiro atoms. The van der Waals surface area contributed by atoms with Crippen LogP contribution in [0.2, 0.25) is 13.1 Å². The topological polar surface area (TPSA) is 9.23 Å². The molecular weight excluding hydrogens is 380 g/mol. The van der Waals surface area contributed by atoms with Crippen molar-refractivity contribution in [3.63, 3.8) is 0 Å². The third-order valence-corrected chi connectivity index (χ3v) is 10.00. The van der Waals surface area contributed by atoms with Crippen molar-refractivity contribution >= 4 is 19.3 Å². The van der Waals surface area contributed by atoms with Crippen LogP contribution < -0.4 is 9.92 Å². The second-order valence-corrected chi connectivity index (χ2v) is 15.6. The monoisotopic (exact) mass is 418 g/mol. The lowest BCUT2D eigenvalue weighted by molar-refractivity contribution is 0.353. The normalized spacial score (nSPS) is 14.3. The molecule has 1 aliphatic carbocycles. The summed E-state index contributed by atoms with van der Waals surface area (Å²) in [6.45, 7) is 23.2. The van der Waals surface area contributed by atoms with Crippen molar-refractivity contribution in [3.8, 4) is 5.75 Å². The summed E-state index contributed by atoms with van der Waals surface area (Å²) >= 11 is 0. The average molecular weight is 419 g/mol. The van der Waals surface area contributed by atoms with Gasteiger partial charge < -0.3 is 4.74 Å².